The summed E-state index contributed by atoms with van der Waals surface area (Å²) in [6.45, 7) is 3.88. The Morgan fingerprint density at radius 1 is 1.42 bits per heavy atom. The first-order valence-electron chi connectivity index (χ1n) is 7.67. The van der Waals surface area contributed by atoms with E-state index < -0.39 is 0 Å². The monoisotopic (exact) mass is 343 g/mol. The number of hydrogen-bond donors (Lipinski definition) is 2. The van der Waals surface area contributed by atoms with Gasteiger partial charge < -0.3 is 15.2 Å². The number of rotatable bonds is 4. The average Bonchev–Trinajstić information content (AvgIpc) is 3.21. The number of amides is 1. The van der Waals surface area contributed by atoms with Crippen LogP contribution in [0.15, 0.2) is 17.9 Å². The fraction of sp³-hybridized carbons (Fsp3) is 0.333. The molecule has 2 N–H and O–H groups in total. The zero-order chi connectivity index (χ0) is 16.7. The van der Waals surface area contributed by atoms with Gasteiger partial charge in [0.1, 0.15) is 16.4 Å². The Labute approximate surface area is 142 Å². The summed E-state index contributed by atoms with van der Waals surface area (Å²) in [5, 5.41) is 9.90. The van der Waals surface area contributed by atoms with Crippen molar-refractivity contribution in [3.63, 3.8) is 0 Å². The molecule has 3 aromatic rings. The SMILES string of the molecule is Cc1nn(C)c(N2CCC2)c1NC(=O)c1csc(-c2cnc[nH]2)n1. The van der Waals surface area contributed by atoms with E-state index in [0.717, 1.165) is 47.4 Å². The quantitative estimate of drug-likeness (QED) is 0.756. The molecule has 24 heavy (non-hydrogen) atoms. The number of anilines is 2. The van der Waals surface area contributed by atoms with Crippen molar-refractivity contribution < 1.29 is 4.79 Å². The van der Waals surface area contributed by atoms with Gasteiger partial charge >= 0.3 is 0 Å². The molecular formula is C15H17N7OS. The maximum Gasteiger partial charge on any atom is 0.275 e. The fourth-order valence-corrected chi connectivity index (χ4v) is 3.51. The normalized spacial score (nSPS) is 13.8. The van der Waals surface area contributed by atoms with Crippen LogP contribution in [-0.4, -0.2) is 43.7 Å². The Morgan fingerprint density at radius 3 is 2.92 bits per heavy atom. The van der Waals surface area contributed by atoms with Gasteiger partial charge in [0.25, 0.3) is 5.91 Å². The minimum absolute atomic E-state index is 0.227. The number of hydrogen-bond acceptors (Lipinski definition) is 6. The molecule has 9 heteroatoms. The summed E-state index contributed by atoms with van der Waals surface area (Å²) in [6.07, 6.45) is 4.44. The molecule has 3 aromatic heterocycles. The number of nitrogens with one attached hydrogen (secondary N) is 2. The number of imidazole rings is 1. The lowest BCUT2D eigenvalue weighted by molar-refractivity contribution is 0.102. The zero-order valence-electron chi connectivity index (χ0n) is 13.4. The maximum absolute atomic E-state index is 12.6. The molecular weight excluding hydrogens is 326 g/mol. The molecule has 0 unspecified atom stereocenters. The lowest BCUT2D eigenvalue weighted by Crippen LogP contribution is -2.39. The third kappa shape index (κ3) is 2.46. The first kappa shape index (κ1) is 14.9. The molecule has 0 spiro atoms. The average molecular weight is 343 g/mol. The van der Waals surface area contributed by atoms with Crippen LogP contribution in [0.5, 0.6) is 0 Å². The summed E-state index contributed by atoms with van der Waals surface area (Å²) in [5.74, 6) is 0.728. The molecule has 8 nitrogen and oxygen atoms in total. The van der Waals surface area contributed by atoms with E-state index in [1.165, 1.54) is 11.3 Å². The van der Waals surface area contributed by atoms with E-state index in [1.54, 1.807) is 17.9 Å². The molecule has 4 rings (SSSR count). The van der Waals surface area contributed by atoms with E-state index >= 15 is 0 Å². The van der Waals surface area contributed by atoms with Crippen LogP contribution in [-0.2, 0) is 7.05 Å². The number of nitrogens with zero attached hydrogens (tertiary/aromatic N) is 5. The minimum Gasteiger partial charge on any atom is -0.355 e. The number of aromatic amines is 1. The van der Waals surface area contributed by atoms with Crippen LogP contribution in [0, 0.1) is 6.92 Å². The highest BCUT2D eigenvalue weighted by atomic mass is 32.1. The van der Waals surface area contributed by atoms with E-state index in [9.17, 15) is 4.79 Å². The van der Waals surface area contributed by atoms with Gasteiger partial charge in [-0.2, -0.15) is 5.10 Å². The van der Waals surface area contributed by atoms with Crippen molar-refractivity contribution in [1.82, 2.24) is 24.7 Å². The molecule has 0 saturated carbocycles. The lowest BCUT2D eigenvalue weighted by Gasteiger charge is -2.33. The fourth-order valence-electron chi connectivity index (χ4n) is 2.74. The number of aromatic nitrogens is 5. The minimum atomic E-state index is -0.227. The highest BCUT2D eigenvalue weighted by Gasteiger charge is 2.25. The number of carbonyl (C=O) groups excluding carboxylic acids is 1. The van der Waals surface area contributed by atoms with Crippen molar-refractivity contribution in [3.8, 4) is 10.7 Å². The van der Waals surface area contributed by atoms with Crippen LogP contribution >= 0.6 is 11.3 Å². The van der Waals surface area contributed by atoms with Crippen LogP contribution in [0.25, 0.3) is 10.7 Å². The highest BCUT2D eigenvalue weighted by Crippen LogP contribution is 2.32. The largest absolute Gasteiger partial charge is 0.355 e. The van der Waals surface area contributed by atoms with E-state index in [0.29, 0.717) is 5.69 Å². The van der Waals surface area contributed by atoms with Gasteiger partial charge in [0, 0.05) is 25.5 Å². The second-order valence-electron chi connectivity index (χ2n) is 5.71. The van der Waals surface area contributed by atoms with E-state index in [2.05, 4.69) is 30.3 Å². The molecule has 1 saturated heterocycles. The molecule has 0 aromatic carbocycles. The number of H-pyrrole nitrogens is 1. The Balaban J connectivity index is 1.59. The van der Waals surface area contributed by atoms with Gasteiger partial charge in [0.15, 0.2) is 5.82 Å². The summed E-state index contributed by atoms with van der Waals surface area (Å²) in [6, 6.07) is 0. The summed E-state index contributed by atoms with van der Waals surface area (Å²) in [4.78, 5) is 26.2. The highest BCUT2D eigenvalue weighted by molar-refractivity contribution is 7.13. The van der Waals surface area contributed by atoms with E-state index in [1.807, 2.05) is 18.7 Å². The smallest absolute Gasteiger partial charge is 0.275 e. The van der Waals surface area contributed by atoms with Crippen molar-refractivity contribution in [2.45, 2.75) is 13.3 Å². The Hall–Kier alpha value is -2.68. The van der Waals surface area contributed by atoms with Crippen LogP contribution in [0.3, 0.4) is 0 Å². The second-order valence-corrected chi connectivity index (χ2v) is 6.56. The molecule has 1 aliphatic heterocycles. The van der Waals surface area contributed by atoms with E-state index in [-0.39, 0.29) is 5.91 Å². The molecule has 1 aliphatic rings. The first-order valence-corrected chi connectivity index (χ1v) is 8.55. The van der Waals surface area contributed by atoms with Gasteiger partial charge in [-0.3, -0.25) is 9.48 Å². The van der Waals surface area contributed by atoms with Crippen LogP contribution in [0.2, 0.25) is 0 Å². The zero-order valence-corrected chi connectivity index (χ0v) is 14.2. The maximum atomic E-state index is 12.6. The second kappa shape index (κ2) is 5.75. The van der Waals surface area contributed by atoms with Crippen LogP contribution in [0.1, 0.15) is 22.6 Å². The number of thiazole rings is 1. The molecule has 1 fully saturated rings. The lowest BCUT2D eigenvalue weighted by atomic mass is 10.2. The van der Waals surface area contributed by atoms with Crippen molar-refractivity contribution in [3.05, 3.63) is 29.3 Å². The molecule has 1 amide bonds. The topological polar surface area (TPSA) is 91.7 Å². The number of aryl methyl sites for hydroxylation is 2. The third-order valence-electron chi connectivity index (χ3n) is 4.05. The van der Waals surface area contributed by atoms with Crippen LogP contribution in [0.4, 0.5) is 11.5 Å². The molecule has 0 bridgehead atoms. The molecule has 0 atom stereocenters. The van der Waals surface area contributed by atoms with Crippen molar-refractivity contribution >= 4 is 28.7 Å². The van der Waals surface area contributed by atoms with Crippen molar-refractivity contribution in [2.24, 2.45) is 7.05 Å². The standard InChI is InChI=1S/C15H17N7OS/c1-9-12(15(21(2)20-9)22-4-3-5-22)19-13(23)11-7-24-14(18-11)10-6-16-8-17-10/h6-8H,3-5H2,1-2H3,(H,16,17)(H,19,23). The van der Waals surface area contributed by atoms with Crippen LogP contribution < -0.4 is 10.2 Å². The molecule has 0 radical (unpaired) electrons. The summed E-state index contributed by atoms with van der Waals surface area (Å²) in [5.41, 5.74) is 2.76. The van der Waals surface area contributed by atoms with Gasteiger partial charge in [-0.1, -0.05) is 0 Å². The van der Waals surface area contributed by atoms with Gasteiger partial charge in [0.05, 0.1) is 23.9 Å². The van der Waals surface area contributed by atoms with Gasteiger partial charge in [-0.15, -0.1) is 11.3 Å². The Morgan fingerprint density at radius 2 is 2.25 bits per heavy atom. The van der Waals surface area contributed by atoms with Gasteiger partial charge in [-0.05, 0) is 13.3 Å². The van der Waals surface area contributed by atoms with Gasteiger partial charge in [-0.25, -0.2) is 9.97 Å². The van der Waals surface area contributed by atoms with Crippen molar-refractivity contribution in [1.29, 1.82) is 0 Å². The molecule has 0 aliphatic carbocycles. The van der Waals surface area contributed by atoms with Crippen molar-refractivity contribution in [2.75, 3.05) is 23.3 Å². The van der Waals surface area contributed by atoms with E-state index in [4.69, 9.17) is 0 Å². The Kier molecular flexibility index (Phi) is 3.57. The molecule has 4 heterocycles. The molecule has 124 valence electrons. The first-order chi connectivity index (χ1) is 11.6. The summed E-state index contributed by atoms with van der Waals surface area (Å²) in [7, 11) is 1.90. The van der Waals surface area contributed by atoms with Gasteiger partial charge in [0.2, 0.25) is 0 Å². The summed E-state index contributed by atoms with van der Waals surface area (Å²) < 4.78 is 1.82. The summed E-state index contributed by atoms with van der Waals surface area (Å²) >= 11 is 1.41. The Bertz CT molecular complexity index is 876. The number of carbonyl (C=O) groups is 1. The predicted molar refractivity (Wildman–Crippen MR) is 92.4 cm³/mol. The predicted octanol–water partition coefficient (Wildman–Crippen LogP) is 2.04. The third-order valence-corrected chi connectivity index (χ3v) is 4.93.